The molecule has 0 aliphatic rings. The molecule has 2 rings (SSSR count). The van der Waals surface area contributed by atoms with E-state index in [1.807, 2.05) is 0 Å². The molecular formula is C18H24OSi. The van der Waals surface area contributed by atoms with Crippen LogP contribution >= 0.6 is 0 Å². The smallest absolute Gasteiger partial charge is 0.184 e. The standard InChI is InChI=1S/C18H24OSi/c1-15-10-12-17(13-11-15)18(19-20(2,3)4)14-16-8-6-5-7-9-16/h5-13,18H,14H2,1-4H3. The Morgan fingerprint density at radius 2 is 1.50 bits per heavy atom. The molecule has 1 nitrogen and oxygen atoms in total. The Kier molecular flexibility index (Phi) is 4.79. The van der Waals surface area contributed by atoms with Crippen molar-refractivity contribution in [1.82, 2.24) is 0 Å². The van der Waals surface area contributed by atoms with Crippen molar-refractivity contribution in [2.75, 3.05) is 0 Å². The summed E-state index contributed by atoms with van der Waals surface area (Å²) in [4.78, 5) is 0. The molecule has 1 atom stereocenters. The van der Waals surface area contributed by atoms with E-state index in [0.717, 1.165) is 6.42 Å². The summed E-state index contributed by atoms with van der Waals surface area (Å²) in [5.41, 5.74) is 3.90. The van der Waals surface area contributed by atoms with Gasteiger partial charge in [0.15, 0.2) is 8.32 Å². The molecule has 20 heavy (non-hydrogen) atoms. The zero-order valence-corrected chi connectivity index (χ0v) is 13.9. The molecule has 2 aromatic rings. The van der Waals surface area contributed by atoms with Gasteiger partial charge < -0.3 is 4.43 Å². The minimum Gasteiger partial charge on any atom is -0.410 e. The second-order valence-electron chi connectivity index (χ2n) is 6.32. The van der Waals surface area contributed by atoms with Crippen LogP contribution in [0.3, 0.4) is 0 Å². The maximum Gasteiger partial charge on any atom is 0.184 e. The number of hydrogen-bond acceptors (Lipinski definition) is 1. The van der Waals surface area contributed by atoms with E-state index in [9.17, 15) is 0 Å². The largest absolute Gasteiger partial charge is 0.410 e. The number of rotatable bonds is 5. The first-order chi connectivity index (χ1) is 9.44. The molecule has 2 aromatic carbocycles. The van der Waals surface area contributed by atoms with E-state index in [1.54, 1.807) is 0 Å². The van der Waals surface area contributed by atoms with Gasteiger partial charge in [-0.3, -0.25) is 0 Å². The predicted molar refractivity (Wildman–Crippen MR) is 88.5 cm³/mol. The lowest BCUT2D eigenvalue weighted by molar-refractivity contribution is 0.198. The van der Waals surface area contributed by atoms with Crippen LogP contribution in [-0.4, -0.2) is 8.32 Å². The van der Waals surface area contributed by atoms with Gasteiger partial charge in [-0.05, 0) is 37.7 Å². The summed E-state index contributed by atoms with van der Waals surface area (Å²) < 4.78 is 6.41. The second kappa shape index (κ2) is 6.38. The Labute approximate surface area is 123 Å². The summed E-state index contributed by atoms with van der Waals surface area (Å²) in [6, 6.07) is 19.3. The van der Waals surface area contributed by atoms with E-state index in [-0.39, 0.29) is 6.10 Å². The van der Waals surface area contributed by atoms with Gasteiger partial charge in [0, 0.05) is 6.42 Å². The van der Waals surface area contributed by atoms with Gasteiger partial charge in [0.05, 0.1) is 6.10 Å². The summed E-state index contributed by atoms with van der Waals surface area (Å²) in [6.07, 6.45) is 1.10. The lowest BCUT2D eigenvalue weighted by Gasteiger charge is -2.27. The Morgan fingerprint density at radius 1 is 0.900 bits per heavy atom. The van der Waals surface area contributed by atoms with Crippen LogP contribution in [0.1, 0.15) is 22.8 Å². The van der Waals surface area contributed by atoms with Crippen molar-refractivity contribution in [3.05, 3.63) is 71.3 Å². The van der Waals surface area contributed by atoms with Crippen LogP contribution in [0.5, 0.6) is 0 Å². The lowest BCUT2D eigenvalue weighted by Crippen LogP contribution is -2.29. The topological polar surface area (TPSA) is 9.23 Å². The summed E-state index contributed by atoms with van der Waals surface area (Å²) in [5.74, 6) is 0. The van der Waals surface area contributed by atoms with Crippen LogP contribution in [-0.2, 0) is 10.8 Å². The Hall–Kier alpha value is -1.38. The van der Waals surface area contributed by atoms with Crippen LogP contribution in [0.2, 0.25) is 19.6 Å². The van der Waals surface area contributed by atoms with Gasteiger partial charge in [-0.25, -0.2) is 0 Å². The molecule has 0 aromatic heterocycles. The minimum absolute atomic E-state index is 0.157. The SMILES string of the molecule is Cc1ccc(C(Cc2ccccc2)O[Si](C)(C)C)cc1. The molecule has 0 fully saturated rings. The van der Waals surface area contributed by atoms with Crippen molar-refractivity contribution in [3.8, 4) is 0 Å². The predicted octanol–water partition coefficient (Wildman–Crippen LogP) is 5.13. The fourth-order valence-electron chi connectivity index (χ4n) is 2.26. The third-order valence-corrected chi connectivity index (χ3v) is 4.20. The monoisotopic (exact) mass is 284 g/mol. The molecule has 0 heterocycles. The molecular weight excluding hydrogens is 260 g/mol. The normalized spacial score (nSPS) is 13.2. The van der Waals surface area contributed by atoms with Gasteiger partial charge in [0.1, 0.15) is 0 Å². The van der Waals surface area contributed by atoms with E-state index in [1.165, 1.54) is 16.7 Å². The highest BCUT2D eigenvalue weighted by Crippen LogP contribution is 2.26. The zero-order valence-electron chi connectivity index (χ0n) is 12.9. The van der Waals surface area contributed by atoms with E-state index in [2.05, 4.69) is 81.2 Å². The number of hydrogen-bond donors (Lipinski definition) is 0. The summed E-state index contributed by atoms with van der Waals surface area (Å²) in [6.45, 7) is 8.87. The Balaban J connectivity index is 2.22. The molecule has 0 aliphatic heterocycles. The Bertz CT molecular complexity index is 526. The molecule has 0 bridgehead atoms. The molecule has 0 aliphatic carbocycles. The summed E-state index contributed by atoms with van der Waals surface area (Å²) >= 11 is 0. The molecule has 0 amide bonds. The average molecular weight is 284 g/mol. The fraction of sp³-hybridized carbons (Fsp3) is 0.333. The molecule has 0 saturated heterocycles. The van der Waals surface area contributed by atoms with Crippen molar-refractivity contribution in [1.29, 1.82) is 0 Å². The van der Waals surface area contributed by atoms with Crippen LogP contribution in [0.25, 0.3) is 0 Å². The summed E-state index contributed by atoms with van der Waals surface area (Å²) in [5, 5.41) is 0. The maximum absolute atomic E-state index is 6.41. The molecule has 1 unspecified atom stereocenters. The first-order valence-corrected chi connectivity index (χ1v) is 10.6. The van der Waals surface area contributed by atoms with Gasteiger partial charge >= 0.3 is 0 Å². The quantitative estimate of drug-likeness (QED) is 0.692. The van der Waals surface area contributed by atoms with E-state index < -0.39 is 8.32 Å². The molecule has 0 saturated carbocycles. The van der Waals surface area contributed by atoms with Crippen molar-refractivity contribution < 1.29 is 4.43 Å². The molecule has 0 radical (unpaired) electrons. The van der Waals surface area contributed by atoms with Gasteiger partial charge in [-0.2, -0.15) is 0 Å². The third kappa shape index (κ3) is 4.62. The van der Waals surface area contributed by atoms with E-state index in [4.69, 9.17) is 4.43 Å². The lowest BCUT2D eigenvalue weighted by atomic mass is 10.0. The van der Waals surface area contributed by atoms with Crippen LogP contribution in [0, 0.1) is 6.92 Å². The highest BCUT2D eigenvalue weighted by atomic mass is 28.4. The molecule has 0 spiro atoms. The number of benzene rings is 2. The molecule has 106 valence electrons. The van der Waals surface area contributed by atoms with Crippen molar-refractivity contribution in [2.24, 2.45) is 0 Å². The maximum atomic E-state index is 6.41. The van der Waals surface area contributed by atoms with E-state index in [0.29, 0.717) is 0 Å². The van der Waals surface area contributed by atoms with Crippen molar-refractivity contribution in [2.45, 2.75) is 39.1 Å². The van der Waals surface area contributed by atoms with Gasteiger partial charge in [0.25, 0.3) is 0 Å². The fourth-order valence-corrected chi connectivity index (χ4v) is 3.34. The zero-order chi connectivity index (χ0) is 14.6. The number of aryl methyl sites for hydroxylation is 1. The first-order valence-electron chi connectivity index (χ1n) is 7.22. The van der Waals surface area contributed by atoms with Crippen molar-refractivity contribution in [3.63, 3.8) is 0 Å². The third-order valence-electron chi connectivity index (χ3n) is 3.21. The molecule has 0 N–H and O–H groups in total. The molecule has 2 heteroatoms. The van der Waals surface area contributed by atoms with Crippen LogP contribution in [0.15, 0.2) is 54.6 Å². The van der Waals surface area contributed by atoms with Gasteiger partial charge in [-0.15, -0.1) is 0 Å². The second-order valence-corrected chi connectivity index (χ2v) is 10.8. The Morgan fingerprint density at radius 3 is 2.05 bits per heavy atom. The highest BCUT2D eigenvalue weighted by molar-refractivity contribution is 6.69. The summed E-state index contributed by atoms with van der Waals surface area (Å²) in [7, 11) is -1.57. The highest BCUT2D eigenvalue weighted by Gasteiger charge is 2.22. The van der Waals surface area contributed by atoms with E-state index >= 15 is 0 Å². The van der Waals surface area contributed by atoms with Crippen LogP contribution < -0.4 is 0 Å². The van der Waals surface area contributed by atoms with Gasteiger partial charge in [0.2, 0.25) is 0 Å². The average Bonchev–Trinajstić information content (AvgIpc) is 2.38. The van der Waals surface area contributed by atoms with Crippen molar-refractivity contribution >= 4 is 8.32 Å². The minimum atomic E-state index is -1.57. The first kappa shape index (κ1) is 15.0. The van der Waals surface area contributed by atoms with Gasteiger partial charge in [-0.1, -0.05) is 60.2 Å². The van der Waals surface area contributed by atoms with Crippen LogP contribution in [0.4, 0.5) is 0 Å².